The van der Waals surface area contributed by atoms with Gasteiger partial charge in [0.1, 0.15) is 23.4 Å². The average molecular weight is 433 g/mol. The quantitative estimate of drug-likeness (QED) is 0.398. The largest absolute Gasteiger partial charge is 0.496 e. The zero-order valence-corrected chi connectivity index (χ0v) is 19.3. The lowest BCUT2D eigenvalue weighted by atomic mass is 9.87. The minimum absolute atomic E-state index is 0.00523. The number of hydrogen-bond acceptors (Lipinski definition) is 5. The summed E-state index contributed by atoms with van der Waals surface area (Å²) >= 11 is 0. The van der Waals surface area contributed by atoms with E-state index in [-0.39, 0.29) is 11.2 Å². The van der Waals surface area contributed by atoms with Crippen LogP contribution in [0.15, 0.2) is 49.1 Å². The lowest BCUT2D eigenvalue weighted by Crippen LogP contribution is -2.15. The number of ketones is 1. The van der Waals surface area contributed by atoms with Crippen LogP contribution in [0.4, 0.5) is 0 Å². The highest BCUT2D eigenvalue weighted by molar-refractivity contribution is 6.02. The molecule has 0 aliphatic carbocycles. The van der Waals surface area contributed by atoms with E-state index in [4.69, 9.17) is 9.47 Å². The molecule has 0 radical (unpaired) electrons. The predicted octanol–water partition coefficient (Wildman–Crippen LogP) is 5.06. The number of benzene rings is 2. The fourth-order valence-corrected chi connectivity index (χ4v) is 3.85. The van der Waals surface area contributed by atoms with Crippen molar-refractivity contribution >= 4 is 16.8 Å². The fourth-order valence-electron chi connectivity index (χ4n) is 3.85. The van der Waals surface area contributed by atoms with E-state index in [1.54, 1.807) is 25.2 Å². The predicted molar refractivity (Wildman–Crippen MR) is 125 cm³/mol. The SMILES string of the molecule is COc1cc(-n2cnc3cc(-c4cnn(C)c4)ccc32)cc(OC)c1C(=O)CC(C)(C)C. The number of carbonyl (C=O) groups is 1. The van der Waals surface area contributed by atoms with Gasteiger partial charge in [0.15, 0.2) is 5.78 Å². The van der Waals surface area contributed by atoms with E-state index in [2.05, 4.69) is 10.1 Å². The zero-order chi connectivity index (χ0) is 23.0. The first-order valence-electron chi connectivity index (χ1n) is 10.5. The van der Waals surface area contributed by atoms with Gasteiger partial charge in [0.25, 0.3) is 0 Å². The maximum Gasteiger partial charge on any atom is 0.170 e. The van der Waals surface area contributed by atoms with Crippen LogP contribution in [0.2, 0.25) is 0 Å². The summed E-state index contributed by atoms with van der Waals surface area (Å²) in [5.74, 6) is 0.971. The highest BCUT2D eigenvalue weighted by Gasteiger charge is 2.25. The van der Waals surface area contributed by atoms with Crippen molar-refractivity contribution < 1.29 is 14.3 Å². The van der Waals surface area contributed by atoms with Gasteiger partial charge in [-0.2, -0.15) is 5.10 Å². The highest BCUT2D eigenvalue weighted by Crippen LogP contribution is 2.36. The maximum absolute atomic E-state index is 13.0. The third-order valence-electron chi connectivity index (χ3n) is 5.32. The topological polar surface area (TPSA) is 71.2 Å². The van der Waals surface area contributed by atoms with Crippen molar-refractivity contribution in [3.63, 3.8) is 0 Å². The lowest BCUT2D eigenvalue weighted by Gasteiger charge is -2.20. The summed E-state index contributed by atoms with van der Waals surface area (Å²) in [5.41, 5.74) is 5.02. The Morgan fingerprint density at radius 2 is 1.72 bits per heavy atom. The van der Waals surface area contributed by atoms with Gasteiger partial charge in [-0.15, -0.1) is 0 Å². The Bertz CT molecular complexity index is 1270. The summed E-state index contributed by atoms with van der Waals surface area (Å²) in [7, 11) is 5.03. The molecule has 0 aliphatic heterocycles. The summed E-state index contributed by atoms with van der Waals surface area (Å²) in [6.45, 7) is 6.11. The molecule has 0 aliphatic rings. The van der Waals surface area contributed by atoms with Crippen molar-refractivity contribution in [3.8, 4) is 28.3 Å². The third-order valence-corrected chi connectivity index (χ3v) is 5.32. The van der Waals surface area contributed by atoms with Crippen molar-refractivity contribution in [1.82, 2.24) is 19.3 Å². The number of aryl methyl sites for hydroxylation is 1. The molecular weight excluding hydrogens is 404 g/mol. The van der Waals surface area contributed by atoms with Crippen LogP contribution < -0.4 is 9.47 Å². The molecule has 0 N–H and O–H groups in total. The van der Waals surface area contributed by atoms with E-state index in [0.717, 1.165) is 27.8 Å². The van der Waals surface area contributed by atoms with E-state index >= 15 is 0 Å². The number of carbonyl (C=O) groups excluding carboxylic acids is 1. The molecule has 0 spiro atoms. The van der Waals surface area contributed by atoms with E-state index < -0.39 is 0 Å². The zero-order valence-electron chi connectivity index (χ0n) is 19.3. The second-order valence-electron chi connectivity index (χ2n) is 9.11. The van der Waals surface area contributed by atoms with E-state index in [9.17, 15) is 4.79 Å². The summed E-state index contributed by atoms with van der Waals surface area (Å²) in [4.78, 5) is 17.6. The first kappa shape index (κ1) is 21.6. The summed E-state index contributed by atoms with van der Waals surface area (Å²) < 4.78 is 15.0. The standard InChI is InChI=1S/C25H28N4O3/c1-25(2,3)12-21(30)24-22(31-5)10-18(11-23(24)32-6)29-15-26-19-9-16(7-8-20(19)29)17-13-27-28(4)14-17/h7-11,13-15H,12H2,1-6H3. The summed E-state index contributed by atoms with van der Waals surface area (Å²) in [6.07, 6.45) is 5.97. The van der Waals surface area contributed by atoms with Crippen molar-refractivity contribution in [3.05, 3.63) is 54.6 Å². The molecule has 0 fully saturated rings. The van der Waals surface area contributed by atoms with Crippen LogP contribution in [-0.4, -0.2) is 39.3 Å². The van der Waals surface area contributed by atoms with Gasteiger partial charge >= 0.3 is 0 Å². The second-order valence-corrected chi connectivity index (χ2v) is 9.11. The van der Waals surface area contributed by atoms with Gasteiger partial charge in [0.2, 0.25) is 0 Å². The molecule has 166 valence electrons. The van der Waals surface area contributed by atoms with Gasteiger partial charge in [-0.05, 0) is 23.1 Å². The summed E-state index contributed by atoms with van der Waals surface area (Å²) in [6, 6.07) is 9.83. The number of ether oxygens (including phenoxy) is 2. The van der Waals surface area contributed by atoms with Gasteiger partial charge in [0, 0.05) is 37.4 Å². The molecule has 0 amide bonds. The van der Waals surface area contributed by atoms with E-state index in [1.807, 2.05) is 75.1 Å². The monoisotopic (exact) mass is 432 g/mol. The number of methoxy groups -OCH3 is 2. The molecule has 4 aromatic rings. The lowest BCUT2D eigenvalue weighted by molar-refractivity contribution is 0.0933. The number of nitrogens with zero attached hydrogens (tertiary/aromatic N) is 4. The highest BCUT2D eigenvalue weighted by atomic mass is 16.5. The van der Waals surface area contributed by atoms with Gasteiger partial charge in [0.05, 0.1) is 37.1 Å². The minimum atomic E-state index is -0.141. The average Bonchev–Trinajstić information content (AvgIpc) is 3.37. The van der Waals surface area contributed by atoms with Crippen LogP contribution in [0.3, 0.4) is 0 Å². The number of fused-ring (bicyclic) bond motifs is 1. The third kappa shape index (κ3) is 4.10. The van der Waals surface area contributed by atoms with Crippen molar-refractivity contribution in [2.45, 2.75) is 27.2 Å². The fraction of sp³-hybridized carbons (Fsp3) is 0.320. The Morgan fingerprint density at radius 1 is 1.03 bits per heavy atom. The molecule has 0 saturated heterocycles. The first-order valence-corrected chi connectivity index (χ1v) is 10.5. The van der Waals surface area contributed by atoms with E-state index in [0.29, 0.717) is 23.5 Å². The molecule has 0 unspecified atom stereocenters. The van der Waals surface area contributed by atoms with Crippen LogP contribution in [0.5, 0.6) is 11.5 Å². The molecular formula is C25H28N4O3. The van der Waals surface area contributed by atoms with Crippen molar-refractivity contribution in [1.29, 1.82) is 0 Å². The maximum atomic E-state index is 13.0. The number of hydrogen-bond donors (Lipinski definition) is 0. The molecule has 7 heteroatoms. The van der Waals surface area contributed by atoms with Gasteiger partial charge in [-0.25, -0.2) is 4.98 Å². The molecule has 4 rings (SSSR count). The molecule has 0 saturated carbocycles. The molecule has 0 atom stereocenters. The second kappa shape index (κ2) is 8.15. The number of Topliss-reactive ketones (excluding diaryl/α,β-unsaturated/α-hetero) is 1. The Morgan fingerprint density at radius 3 is 2.28 bits per heavy atom. The van der Waals surface area contributed by atoms with Crippen LogP contribution in [0.25, 0.3) is 27.8 Å². The molecule has 32 heavy (non-hydrogen) atoms. The number of imidazole rings is 1. The van der Waals surface area contributed by atoms with E-state index in [1.165, 1.54) is 0 Å². The Labute approximate surface area is 187 Å². The van der Waals surface area contributed by atoms with Crippen LogP contribution in [-0.2, 0) is 7.05 Å². The number of aromatic nitrogens is 4. The molecule has 0 bridgehead atoms. The molecule has 7 nitrogen and oxygen atoms in total. The molecule has 2 heterocycles. The van der Waals surface area contributed by atoms with Crippen molar-refractivity contribution in [2.75, 3.05) is 14.2 Å². The molecule has 2 aromatic heterocycles. The smallest absolute Gasteiger partial charge is 0.170 e. The number of rotatable bonds is 6. The van der Waals surface area contributed by atoms with Gasteiger partial charge in [-0.1, -0.05) is 26.8 Å². The van der Waals surface area contributed by atoms with Crippen LogP contribution in [0.1, 0.15) is 37.6 Å². The molecule has 2 aromatic carbocycles. The van der Waals surface area contributed by atoms with Crippen LogP contribution in [0, 0.1) is 5.41 Å². The summed E-state index contributed by atoms with van der Waals surface area (Å²) in [5, 5.41) is 4.24. The Balaban J connectivity index is 1.78. The van der Waals surface area contributed by atoms with Gasteiger partial charge < -0.3 is 9.47 Å². The Hall–Kier alpha value is -3.61. The normalized spacial score (nSPS) is 11.7. The Kier molecular flexibility index (Phi) is 5.50. The van der Waals surface area contributed by atoms with Gasteiger partial charge in [-0.3, -0.25) is 14.0 Å². The van der Waals surface area contributed by atoms with Crippen molar-refractivity contribution in [2.24, 2.45) is 12.5 Å². The minimum Gasteiger partial charge on any atom is -0.496 e. The van der Waals surface area contributed by atoms with Crippen LogP contribution >= 0.6 is 0 Å². The first-order chi connectivity index (χ1) is 15.2.